The summed E-state index contributed by atoms with van der Waals surface area (Å²) in [5, 5.41) is 0. The first-order chi connectivity index (χ1) is 16.6. The quantitative estimate of drug-likeness (QED) is 0.253. The summed E-state index contributed by atoms with van der Waals surface area (Å²) >= 11 is 6.88. The van der Waals surface area contributed by atoms with Crippen molar-refractivity contribution >= 4 is 46.0 Å². The van der Waals surface area contributed by atoms with E-state index in [0.29, 0.717) is 22.4 Å². The van der Waals surface area contributed by atoms with Crippen molar-refractivity contribution < 1.29 is 9.53 Å². The van der Waals surface area contributed by atoms with Crippen molar-refractivity contribution in [3.05, 3.63) is 100 Å². The highest BCUT2D eigenvalue weighted by atomic mass is 32.2. The zero-order valence-electron chi connectivity index (χ0n) is 19.4. The van der Waals surface area contributed by atoms with Crippen molar-refractivity contribution in [2.24, 2.45) is 0 Å². The van der Waals surface area contributed by atoms with Crippen LogP contribution in [-0.2, 0) is 17.9 Å². The number of amides is 1. The zero-order chi connectivity index (χ0) is 23.9. The van der Waals surface area contributed by atoms with Gasteiger partial charge in [0.05, 0.1) is 11.4 Å². The molecule has 1 aliphatic heterocycles. The number of carbonyl (C=O) groups is 1. The fourth-order valence-electron chi connectivity index (χ4n) is 3.83. The molecule has 1 heterocycles. The maximum Gasteiger partial charge on any atom is 0.266 e. The normalized spacial score (nSPS) is 14.6. The van der Waals surface area contributed by atoms with E-state index in [1.165, 1.54) is 11.8 Å². The molecule has 4 nitrogen and oxygen atoms in total. The molecule has 0 N–H and O–H groups in total. The van der Waals surface area contributed by atoms with Crippen molar-refractivity contribution in [3.8, 4) is 5.75 Å². The summed E-state index contributed by atoms with van der Waals surface area (Å²) in [5.74, 6) is 0.683. The molecular formula is C28H28N2O2S2. The summed E-state index contributed by atoms with van der Waals surface area (Å²) in [7, 11) is 0. The molecule has 4 rings (SSSR count). The maximum atomic E-state index is 13.2. The molecule has 1 fully saturated rings. The highest BCUT2D eigenvalue weighted by Gasteiger charge is 2.32. The summed E-state index contributed by atoms with van der Waals surface area (Å²) in [6.45, 7) is 7.03. The lowest BCUT2D eigenvalue weighted by atomic mass is 10.1. The number of thioether (sulfide) groups is 1. The maximum absolute atomic E-state index is 13.2. The van der Waals surface area contributed by atoms with Gasteiger partial charge in [0.2, 0.25) is 0 Å². The van der Waals surface area contributed by atoms with Crippen molar-refractivity contribution in [1.82, 2.24) is 4.90 Å². The van der Waals surface area contributed by atoms with Crippen molar-refractivity contribution in [3.63, 3.8) is 0 Å². The first kappa shape index (κ1) is 24.0. The van der Waals surface area contributed by atoms with Crippen LogP contribution in [0.4, 0.5) is 5.69 Å². The Bertz CT molecular complexity index is 1180. The Kier molecular flexibility index (Phi) is 8.03. The number of hydrogen-bond acceptors (Lipinski definition) is 5. The molecule has 3 aromatic carbocycles. The smallest absolute Gasteiger partial charge is 0.266 e. The van der Waals surface area contributed by atoms with Gasteiger partial charge in [-0.3, -0.25) is 9.69 Å². The van der Waals surface area contributed by atoms with Gasteiger partial charge in [-0.05, 0) is 43.2 Å². The van der Waals surface area contributed by atoms with Gasteiger partial charge in [-0.25, -0.2) is 0 Å². The van der Waals surface area contributed by atoms with E-state index >= 15 is 0 Å². The van der Waals surface area contributed by atoms with E-state index < -0.39 is 0 Å². The predicted molar refractivity (Wildman–Crippen MR) is 146 cm³/mol. The van der Waals surface area contributed by atoms with Crippen LogP contribution in [0.1, 0.15) is 30.5 Å². The summed E-state index contributed by atoms with van der Waals surface area (Å²) in [4.78, 5) is 17.7. The lowest BCUT2D eigenvalue weighted by molar-refractivity contribution is -0.122. The summed E-state index contributed by atoms with van der Waals surface area (Å²) < 4.78 is 6.84. The van der Waals surface area contributed by atoms with Crippen LogP contribution in [0.15, 0.2) is 83.8 Å². The molecule has 0 bridgehead atoms. The second kappa shape index (κ2) is 11.4. The Hall–Kier alpha value is -3.09. The van der Waals surface area contributed by atoms with Gasteiger partial charge in [0.25, 0.3) is 5.91 Å². The molecule has 1 aliphatic rings. The van der Waals surface area contributed by atoms with Gasteiger partial charge in [-0.1, -0.05) is 84.6 Å². The van der Waals surface area contributed by atoms with Crippen LogP contribution in [-0.4, -0.2) is 28.2 Å². The molecule has 1 amide bonds. The average Bonchev–Trinajstić information content (AvgIpc) is 3.13. The summed E-state index contributed by atoms with van der Waals surface area (Å²) in [6.07, 6.45) is 1.90. The van der Waals surface area contributed by atoms with Crippen LogP contribution in [0, 0.1) is 0 Å². The number of ether oxygens (including phenoxy) is 1. The number of rotatable bonds is 9. The van der Waals surface area contributed by atoms with E-state index in [-0.39, 0.29) is 5.91 Å². The Labute approximate surface area is 211 Å². The Balaban J connectivity index is 1.61. The highest BCUT2D eigenvalue weighted by Crippen LogP contribution is 2.36. The van der Waals surface area contributed by atoms with Gasteiger partial charge in [-0.2, -0.15) is 0 Å². The third-order valence-electron chi connectivity index (χ3n) is 5.71. The van der Waals surface area contributed by atoms with Crippen molar-refractivity contribution in [1.29, 1.82) is 0 Å². The Morgan fingerprint density at radius 2 is 1.59 bits per heavy atom. The van der Waals surface area contributed by atoms with Crippen LogP contribution >= 0.6 is 24.0 Å². The summed E-state index contributed by atoms with van der Waals surface area (Å²) in [6, 6.07) is 26.2. The number of nitrogens with zero attached hydrogens (tertiary/aromatic N) is 2. The number of benzene rings is 3. The van der Waals surface area contributed by atoms with E-state index in [9.17, 15) is 4.79 Å². The van der Waals surface area contributed by atoms with E-state index in [2.05, 4.69) is 30.9 Å². The predicted octanol–water partition coefficient (Wildman–Crippen LogP) is 6.51. The molecule has 0 aromatic heterocycles. The molecule has 1 saturated heterocycles. The van der Waals surface area contributed by atoms with E-state index in [1.807, 2.05) is 72.8 Å². The van der Waals surface area contributed by atoms with Crippen molar-refractivity contribution in [2.45, 2.75) is 27.0 Å². The zero-order valence-corrected chi connectivity index (χ0v) is 21.1. The van der Waals surface area contributed by atoms with Crippen LogP contribution < -0.4 is 9.64 Å². The van der Waals surface area contributed by atoms with Crippen LogP contribution in [0.25, 0.3) is 6.08 Å². The number of thiocarbonyl (C=S) groups is 1. The molecule has 0 atom stereocenters. The topological polar surface area (TPSA) is 32.8 Å². The van der Waals surface area contributed by atoms with Crippen LogP contribution in [0.5, 0.6) is 5.75 Å². The molecule has 3 aromatic rings. The van der Waals surface area contributed by atoms with E-state index in [1.54, 1.807) is 4.90 Å². The third kappa shape index (κ3) is 5.69. The highest BCUT2D eigenvalue weighted by molar-refractivity contribution is 8.26. The molecule has 0 radical (unpaired) electrons. The van der Waals surface area contributed by atoms with Crippen molar-refractivity contribution in [2.75, 3.05) is 18.0 Å². The van der Waals surface area contributed by atoms with Gasteiger partial charge in [0, 0.05) is 30.4 Å². The third-order valence-corrected chi connectivity index (χ3v) is 7.08. The molecule has 0 unspecified atom stereocenters. The Morgan fingerprint density at radius 3 is 2.24 bits per heavy atom. The Morgan fingerprint density at radius 1 is 0.941 bits per heavy atom. The number of hydrogen-bond donors (Lipinski definition) is 0. The summed E-state index contributed by atoms with van der Waals surface area (Å²) in [5.41, 5.74) is 4.11. The molecule has 6 heteroatoms. The minimum absolute atomic E-state index is 0.0688. The SMILES string of the molecule is CCN(CC)c1ccc(/C=C2\SC(=S)N(Cc3ccccc3)C2=O)c(OCc2ccccc2)c1. The number of carbonyl (C=O) groups excluding carboxylic acids is 1. The first-order valence-electron chi connectivity index (χ1n) is 11.4. The van der Waals surface area contributed by atoms with Gasteiger partial charge in [0.15, 0.2) is 0 Å². The molecule has 0 spiro atoms. The monoisotopic (exact) mass is 488 g/mol. The fraction of sp³-hybridized carbons (Fsp3) is 0.214. The van der Waals surface area contributed by atoms with Gasteiger partial charge >= 0.3 is 0 Å². The second-order valence-corrected chi connectivity index (χ2v) is 9.60. The average molecular weight is 489 g/mol. The van der Waals surface area contributed by atoms with Gasteiger partial charge < -0.3 is 9.64 Å². The molecule has 0 aliphatic carbocycles. The lowest BCUT2D eigenvalue weighted by Crippen LogP contribution is -2.27. The van der Waals surface area contributed by atoms with Gasteiger partial charge in [-0.15, -0.1) is 0 Å². The number of anilines is 1. The molecule has 0 saturated carbocycles. The first-order valence-corrected chi connectivity index (χ1v) is 12.7. The lowest BCUT2D eigenvalue weighted by Gasteiger charge is -2.22. The molecular weight excluding hydrogens is 460 g/mol. The fourth-order valence-corrected chi connectivity index (χ4v) is 5.08. The minimum Gasteiger partial charge on any atom is -0.488 e. The second-order valence-electron chi connectivity index (χ2n) is 7.92. The van der Waals surface area contributed by atoms with Gasteiger partial charge in [0.1, 0.15) is 16.7 Å². The minimum atomic E-state index is -0.0688. The molecule has 34 heavy (non-hydrogen) atoms. The van der Waals surface area contributed by atoms with Crippen LogP contribution in [0.2, 0.25) is 0 Å². The van der Waals surface area contributed by atoms with E-state index in [0.717, 1.165) is 41.2 Å². The van der Waals surface area contributed by atoms with Crippen LogP contribution in [0.3, 0.4) is 0 Å². The van der Waals surface area contributed by atoms with E-state index in [4.69, 9.17) is 17.0 Å². The molecule has 174 valence electrons. The standard InChI is InChI=1S/C28H28N2O2S2/c1-3-29(4-2)24-16-15-23(25(18-24)32-20-22-13-9-6-10-14-22)17-26-27(31)30(28(33)34-26)19-21-11-7-5-8-12-21/h5-18H,3-4,19-20H2,1-2H3/b26-17-. The largest absolute Gasteiger partial charge is 0.488 e.